The molecule has 0 radical (unpaired) electrons. The second-order valence-corrected chi connectivity index (χ2v) is 6.90. The minimum absolute atomic E-state index is 0.243. The molecule has 3 aromatic heterocycles. The van der Waals surface area contributed by atoms with Crippen molar-refractivity contribution in [2.75, 3.05) is 24.6 Å². The van der Waals surface area contributed by atoms with E-state index in [9.17, 15) is 8.78 Å². The Kier molecular flexibility index (Phi) is 4.07. The Balaban J connectivity index is 1.73. The molecule has 136 valence electrons. The van der Waals surface area contributed by atoms with Crippen LogP contribution in [-0.4, -0.2) is 44.9 Å². The van der Waals surface area contributed by atoms with E-state index in [2.05, 4.69) is 20.0 Å². The standard InChI is InChI=1S/C18H19F2N5O/c1-18(2)11-24(7-8-26-18)16-9-12(5-6-21-16)14-10-22-15-4-3-13(17(19)20)23-25(14)15/h3-6,9-10,17H,7-8,11H2,1-2H3. The van der Waals surface area contributed by atoms with Crippen molar-refractivity contribution in [3.8, 4) is 11.3 Å². The first kappa shape index (κ1) is 16.8. The van der Waals surface area contributed by atoms with Crippen molar-refractivity contribution in [3.05, 3.63) is 42.4 Å². The van der Waals surface area contributed by atoms with E-state index in [-0.39, 0.29) is 11.3 Å². The summed E-state index contributed by atoms with van der Waals surface area (Å²) in [6.07, 6.45) is 0.724. The fourth-order valence-corrected chi connectivity index (χ4v) is 3.16. The van der Waals surface area contributed by atoms with Gasteiger partial charge in [-0.1, -0.05) is 0 Å². The van der Waals surface area contributed by atoms with Gasteiger partial charge in [-0.05, 0) is 38.1 Å². The second kappa shape index (κ2) is 6.28. The highest BCUT2D eigenvalue weighted by Crippen LogP contribution is 2.27. The van der Waals surface area contributed by atoms with E-state index in [1.807, 2.05) is 26.0 Å². The number of nitrogens with zero attached hydrogens (tertiary/aromatic N) is 5. The molecule has 0 bridgehead atoms. The monoisotopic (exact) mass is 359 g/mol. The van der Waals surface area contributed by atoms with Gasteiger partial charge < -0.3 is 9.64 Å². The Bertz CT molecular complexity index is 940. The van der Waals surface area contributed by atoms with Crippen LogP contribution in [0, 0.1) is 0 Å². The average Bonchev–Trinajstić information content (AvgIpc) is 3.04. The van der Waals surface area contributed by atoms with Gasteiger partial charge in [0.05, 0.1) is 24.1 Å². The maximum Gasteiger partial charge on any atom is 0.282 e. The summed E-state index contributed by atoms with van der Waals surface area (Å²) >= 11 is 0. The van der Waals surface area contributed by atoms with Crippen molar-refractivity contribution >= 4 is 11.5 Å². The van der Waals surface area contributed by atoms with Gasteiger partial charge in [0.25, 0.3) is 6.43 Å². The van der Waals surface area contributed by atoms with Crippen LogP contribution < -0.4 is 4.90 Å². The maximum atomic E-state index is 13.0. The number of hydrogen-bond acceptors (Lipinski definition) is 5. The van der Waals surface area contributed by atoms with Crippen molar-refractivity contribution in [1.29, 1.82) is 0 Å². The quantitative estimate of drug-likeness (QED) is 0.718. The van der Waals surface area contributed by atoms with Crippen LogP contribution in [0.15, 0.2) is 36.7 Å². The van der Waals surface area contributed by atoms with E-state index >= 15 is 0 Å². The zero-order chi connectivity index (χ0) is 18.3. The zero-order valence-corrected chi connectivity index (χ0v) is 14.6. The van der Waals surface area contributed by atoms with Gasteiger partial charge in [0.2, 0.25) is 0 Å². The molecule has 1 saturated heterocycles. The highest BCUT2D eigenvalue weighted by atomic mass is 19.3. The van der Waals surface area contributed by atoms with Gasteiger partial charge >= 0.3 is 0 Å². The number of pyridine rings is 1. The molecule has 0 N–H and O–H groups in total. The molecule has 0 saturated carbocycles. The van der Waals surface area contributed by atoms with E-state index in [4.69, 9.17) is 4.74 Å². The Morgan fingerprint density at radius 3 is 2.81 bits per heavy atom. The molecule has 26 heavy (non-hydrogen) atoms. The summed E-state index contributed by atoms with van der Waals surface area (Å²) in [5.41, 5.74) is 1.48. The van der Waals surface area contributed by atoms with Gasteiger partial charge in [-0.25, -0.2) is 23.3 Å². The van der Waals surface area contributed by atoms with Crippen LogP contribution in [-0.2, 0) is 4.74 Å². The lowest BCUT2D eigenvalue weighted by Gasteiger charge is -2.38. The first-order valence-corrected chi connectivity index (χ1v) is 8.41. The first-order valence-electron chi connectivity index (χ1n) is 8.41. The lowest BCUT2D eigenvalue weighted by atomic mass is 10.1. The summed E-state index contributed by atoms with van der Waals surface area (Å²) in [4.78, 5) is 10.9. The molecule has 4 rings (SSSR count). The van der Waals surface area contributed by atoms with Crippen molar-refractivity contribution in [3.63, 3.8) is 0 Å². The highest BCUT2D eigenvalue weighted by molar-refractivity contribution is 5.66. The van der Waals surface area contributed by atoms with E-state index < -0.39 is 6.43 Å². The van der Waals surface area contributed by atoms with Crippen LogP contribution in [0.4, 0.5) is 14.6 Å². The third-order valence-electron chi connectivity index (χ3n) is 4.40. The van der Waals surface area contributed by atoms with Gasteiger partial charge in [-0.15, -0.1) is 0 Å². The smallest absolute Gasteiger partial charge is 0.282 e. The number of halogens is 2. The van der Waals surface area contributed by atoms with Gasteiger partial charge in [-0.2, -0.15) is 5.10 Å². The van der Waals surface area contributed by atoms with Crippen molar-refractivity contribution in [2.45, 2.75) is 25.9 Å². The molecular formula is C18H19F2N5O. The van der Waals surface area contributed by atoms with Crippen LogP contribution in [0.2, 0.25) is 0 Å². The molecule has 8 heteroatoms. The summed E-state index contributed by atoms with van der Waals surface area (Å²) in [5.74, 6) is 0.818. The second-order valence-electron chi connectivity index (χ2n) is 6.90. The van der Waals surface area contributed by atoms with Crippen LogP contribution in [0.3, 0.4) is 0 Å². The molecule has 0 amide bonds. The number of ether oxygens (including phenoxy) is 1. The molecule has 1 fully saturated rings. The number of fused-ring (bicyclic) bond motifs is 1. The lowest BCUT2D eigenvalue weighted by Crippen LogP contribution is -2.48. The van der Waals surface area contributed by atoms with Crippen LogP contribution in [0.5, 0.6) is 0 Å². The maximum absolute atomic E-state index is 13.0. The minimum Gasteiger partial charge on any atom is -0.372 e. The summed E-state index contributed by atoms with van der Waals surface area (Å²) in [5, 5.41) is 4.03. The van der Waals surface area contributed by atoms with Crippen LogP contribution >= 0.6 is 0 Å². The van der Waals surface area contributed by atoms with Gasteiger partial charge in [0.15, 0.2) is 5.65 Å². The van der Waals surface area contributed by atoms with Crippen LogP contribution in [0.25, 0.3) is 16.9 Å². The fraction of sp³-hybridized carbons (Fsp3) is 0.389. The van der Waals surface area contributed by atoms with Gasteiger partial charge in [-0.3, -0.25) is 0 Å². The molecule has 6 nitrogen and oxygen atoms in total. The molecule has 0 aromatic carbocycles. The molecule has 0 spiro atoms. The third-order valence-corrected chi connectivity index (χ3v) is 4.40. The predicted molar refractivity (Wildman–Crippen MR) is 93.4 cm³/mol. The van der Waals surface area contributed by atoms with E-state index in [0.29, 0.717) is 17.9 Å². The average molecular weight is 359 g/mol. The Morgan fingerprint density at radius 2 is 2.04 bits per heavy atom. The Morgan fingerprint density at radius 1 is 1.19 bits per heavy atom. The summed E-state index contributed by atoms with van der Waals surface area (Å²) in [6.45, 7) is 6.20. The molecule has 0 atom stereocenters. The van der Waals surface area contributed by atoms with Crippen molar-refractivity contribution < 1.29 is 13.5 Å². The van der Waals surface area contributed by atoms with Crippen LogP contribution in [0.1, 0.15) is 26.0 Å². The molecule has 1 aliphatic heterocycles. The molecular weight excluding hydrogens is 340 g/mol. The molecule has 4 heterocycles. The topological polar surface area (TPSA) is 55.6 Å². The number of imidazole rings is 1. The largest absolute Gasteiger partial charge is 0.372 e. The molecule has 0 aliphatic carbocycles. The minimum atomic E-state index is -2.63. The number of aromatic nitrogens is 4. The number of anilines is 1. The number of rotatable bonds is 3. The fourth-order valence-electron chi connectivity index (χ4n) is 3.16. The van der Waals surface area contributed by atoms with E-state index in [0.717, 1.165) is 24.5 Å². The van der Waals surface area contributed by atoms with Crippen molar-refractivity contribution in [1.82, 2.24) is 19.6 Å². The van der Waals surface area contributed by atoms with Gasteiger partial charge in [0, 0.05) is 24.8 Å². The number of alkyl halides is 2. The summed E-state index contributed by atoms with van der Waals surface area (Å²) < 4.78 is 33.2. The zero-order valence-electron chi connectivity index (χ0n) is 14.6. The molecule has 1 aliphatic rings. The Labute approximate surface area is 149 Å². The molecule has 0 unspecified atom stereocenters. The van der Waals surface area contributed by atoms with E-state index in [1.165, 1.54) is 10.6 Å². The predicted octanol–water partition coefficient (Wildman–Crippen LogP) is 3.34. The van der Waals surface area contributed by atoms with E-state index in [1.54, 1.807) is 18.5 Å². The molecule has 3 aromatic rings. The summed E-state index contributed by atoms with van der Waals surface area (Å²) in [7, 11) is 0. The Hall–Kier alpha value is -2.61. The third kappa shape index (κ3) is 3.12. The highest BCUT2D eigenvalue weighted by Gasteiger charge is 2.28. The normalized spacial score (nSPS) is 17.2. The first-order chi connectivity index (χ1) is 12.4. The van der Waals surface area contributed by atoms with Gasteiger partial charge in [0.1, 0.15) is 11.5 Å². The SMILES string of the molecule is CC1(C)CN(c2cc(-c3cnc4ccc(C(F)F)nn34)ccn2)CCO1. The van der Waals surface area contributed by atoms with Crippen molar-refractivity contribution in [2.24, 2.45) is 0 Å². The lowest BCUT2D eigenvalue weighted by molar-refractivity contribution is -0.0279. The summed E-state index contributed by atoms with van der Waals surface area (Å²) in [6, 6.07) is 6.60. The number of hydrogen-bond donors (Lipinski definition) is 0. The number of morpholine rings is 1.